The zero-order chi connectivity index (χ0) is 12.8. The number of esters is 1. The second-order valence-electron chi connectivity index (χ2n) is 3.38. The van der Waals surface area contributed by atoms with E-state index < -0.39 is 5.97 Å². The Balaban J connectivity index is 3.10. The van der Waals surface area contributed by atoms with Crippen molar-refractivity contribution in [1.29, 1.82) is 5.26 Å². The van der Waals surface area contributed by atoms with E-state index in [1.807, 2.05) is 6.07 Å². The number of hydrogen-bond donors (Lipinski definition) is 2. The van der Waals surface area contributed by atoms with E-state index in [4.69, 9.17) is 10.00 Å². The molecule has 0 fully saturated rings. The van der Waals surface area contributed by atoms with E-state index >= 15 is 0 Å². The highest BCUT2D eigenvalue weighted by Gasteiger charge is 2.13. The number of nitrogens with zero attached hydrogens (tertiary/aromatic N) is 1. The second kappa shape index (κ2) is 5.87. The molecule has 0 atom stereocenters. The van der Waals surface area contributed by atoms with Gasteiger partial charge in [0.2, 0.25) is 0 Å². The smallest absolute Gasteiger partial charge is 0.310 e. The molecule has 0 aliphatic carbocycles. The Morgan fingerprint density at radius 2 is 2.24 bits per heavy atom. The molecule has 0 unspecified atom stereocenters. The quantitative estimate of drug-likeness (QED) is 0.755. The van der Waals surface area contributed by atoms with E-state index in [-0.39, 0.29) is 30.9 Å². The minimum absolute atomic E-state index is 0.0766. The third-order valence-corrected chi connectivity index (χ3v) is 2.25. The van der Waals surface area contributed by atoms with Crippen LogP contribution in [0.2, 0.25) is 0 Å². The Hall–Kier alpha value is -2.06. The van der Waals surface area contributed by atoms with Crippen molar-refractivity contribution in [3.8, 4) is 11.8 Å². The summed E-state index contributed by atoms with van der Waals surface area (Å²) < 4.78 is 4.77. The number of carbonyl (C=O) groups is 1. The number of aliphatic hydroxyl groups excluding tert-OH is 1. The van der Waals surface area contributed by atoms with Crippen molar-refractivity contribution in [2.24, 2.45) is 0 Å². The lowest BCUT2D eigenvalue weighted by molar-refractivity contribution is -0.142. The highest BCUT2D eigenvalue weighted by Crippen LogP contribution is 2.22. The summed E-state index contributed by atoms with van der Waals surface area (Å²) >= 11 is 0. The van der Waals surface area contributed by atoms with E-state index in [1.54, 1.807) is 6.92 Å². The van der Waals surface area contributed by atoms with Crippen molar-refractivity contribution in [2.45, 2.75) is 20.0 Å². The van der Waals surface area contributed by atoms with Gasteiger partial charge >= 0.3 is 5.97 Å². The zero-order valence-corrected chi connectivity index (χ0v) is 9.43. The molecule has 0 aromatic heterocycles. The Kier molecular flexibility index (Phi) is 4.49. The van der Waals surface area contributed by atoms with Crippen molar-refractivity contribution >= 4 is 5.97 Å². The van der Waals surface area contributed by atoms with Crippen LogP contribution >= 0.6 is 0 Å². The maximum Gasteiger partial charge on any atom is 0.310 e. The van der Waals surface area contributed by atoms with Gasteiger partial charge in [-0.15, -0.1) is 0 Å². The molecule has 2 N–H and O–H groups in total. The van der Waals surface area contributed by atoms with Crippen LogP contribution in [0.15, 0.2) is 12.1 Å². The molecular formula is C12H13NO4. The number of ether oxygens (including phenoxy) is 1. The van der Waals surface area contributed by atoms with Crippen molar-refractivity contribution in [2.75, 3.05) is 6.61 Å². The first-order valence-electron chi connectivity index (χ1n) is 5.13. The average molecular weight is 235 g/mol. The lowest BCUT2D eigenvalue weighted by Gasteiger charge is -2.09. The Morgan fingerprint density at radius 3 is 2.76 bits per heavy atom. The molecule has 5 heteroatoms. The maximum absolute atomic E-state index is 11.3. The Labute approximate surface area is 98.9 Å². The number of nitriles is 1. The summed E-state index contributed by atoms with van der Waals surface area (Å²) in [6, 6.07) is 4.46. The highest BCUT2D eigenvalue weighted by molar-refractivity contribution is 5.73. The van der Waals surface area contributed by atoms with E-state index in [0.29, 0.717) is 11.1 Å². The fraction of sp³-hybridized carbons (Fsp3) is 0.333. The number of hydrogen-bond acceptors (Lipinski definition) is 5. The first-order chi connectivity index (χ1) is 8.12. The van der Waals surface area contributed by atoms with Crippen molar-refractivity contribution < 1.29 is 19.7 Å². The number of aromatic hydroxyl groups is 1. The fourth-order valence-corrected chi connectivity index (χ4v) is 1.53. The van der Waals surface area contributed by atoms with Gasteiger partial charge in [-0.3, -0.25) is 4.79 Å². The third-order valence-electron chi connectivity index (χ3n) is 2.25. The first kappa shape index (κ1) is 13.0. The summed E-state index contributed by atoms with van der Waals surface area (Å²) in [5.74, 6) is -0.574. The molecule has 90 valence electrons. The topological polar surface area (TPSA) is 90.5 Å². The maximum atomic E-state index is 11.3. The SMILES string of the molecule is CCOC(=O)Cc1cc(O)cc(C#N)c1CO. The van der Waals surface area contributed by atoms with E-state index in [1.165, 1.54) is 12.1 Å². The standard InChI is InChI=1S/C12H13NO4/c1-2-17-12(16)5-8-3-10(15)4-9(6-13)11(8)7-14/h3-4,14-15H,2,5,7H2,1H3. The van der Waals surface area contributed by atoms with Crippen LogP contribution in [0.5, 0.6) is 5.75 Å². The average Bonchev–Trinajstić information content (AvgIpc) is 2.28. The molecule has 0 bridgehead atoms. The fourth-order valence-electron chi connectivity index (χ4n) is 1.53. The number of phenols is 1. The van der Waals surface area contributed by atoms with Crippen molar-refractivity contribution in [3.63, 3.8) is 0 Å². The Morgan fingerprint density at radius 1 is 1.53 bits per heavy atom. The summed E-state index contributed by atoms with van der Waals surface area (Å²) in [7, 11) is 0. The molecule has 1 rings (SSSR count). The van der Waals surface area contributed by atoms with Gasteiger partial charge in [0, 0.05) is 0 Å². The Bertz CT molecular complexity index is 462. The first-order valence-corrected chi connectivity index (χ1v) is 5.13. The molecule has 1 aromatic rings. The van der Waals surface area contributed by atoms with Gasteiger partial charge in [0.05, 0.1) is 31.3 Å². The molecule has 0 heterocycles. The lowest BCUT2D eigenvalue weighted by Crippen LogP contribution is -2.10. The summed E-state index contributed by atoms with van der Waals surface area (Å²) in [6.45, 7) is 1.59. The van der Waals surface area contributed by atoms with Gasteiger partial charge in [-0.05, 0) is 30.2 Å². The molecule has 0 radical (unpaired) electrons. The molecule has 17 heavy (non-hydrogen) atoms. The molecule has 5 nitrogen and oxygen atoms in total. The van der Waals surface area contributed by atoms with Crippen LogP contribution in [-0.4, -0.2) is 22.8 Å². The number of carbonyl (C=O) groups excluding carboxylic acids is 1. The van der Waals surface area contributed by atoms with E-state index in [2.05, 4.69) is 0 Å². The largest absolute Gasteiger partial charge is 0.508 e. The van der Waals surface area contributed by atoms with Gasteiger partial charge in [0.25, 0.3) is 0 Å². The molecule has 0 aliphatic heterocycles. The van der Waals surface area contributed by atoms with Crippen LogP contribution in [0.3, 0.4) is 0 Å². The van der Waals surface area contributed by atoms with Crippen molar-refractivity contribution in [1.82, 2.24) is 0 Å². The summed E-state index contributed by atoms with van der Waals surface area (Å²) in [4.78, 5) is 11.3. The monoisotopic (exact) mass is 235 g/mol. The summed E-state index contributed by atoms with van der Waals surface area (Å²) in [5, 5.41) is 27.4. The van der Waals surface area contributed by atoms with Crippen LogP contribution in [0, 0.1) is 11.3 Å². The van der Waals surface area contributed by atoms with Crippen LogP contribution in [0.4, 0.5) is 0 Å². The van der Waals surface area contributed by atoms with Gasteiger partial charge in [0.1, 0.15) is 5.75 Å². The summed E-state index contributed by atoms with van der Waals surface area (Å²) in [5.41, 5.74) is 0.910. The van der Waals surface area contributed by atoms with E-state index in [0.717, 1.165) is 0 Å². The zero-order valence-electron chi connectivity index (χ0n) is 9.43. The van der Waals surface area contributed by atoms with Crippen LogP contribution < -0.4 is 0 Å². The minimum Gasteiger partial charge on any atom is -0.508 e. The summed E-state index contributed by atoms with van der Waals surface area (Å²) in [6.07, 6.45) is -0.0766. The number of benzene rings is 1. The predicted molar refractivity (Wildman–Crippen MR) is 59.1 cm³/mol. The molecule has 1 aromatic carbocycles. The number of phenolic OH excluding ortho intramolecular Hbond substituents is 1. The van der Waals surface area contributed by atoms with Gasteiger partial charge in [-0.25, -0.2) is 0 Å². The van der Waals surface area contributed by atoms with E-state index in [9.17, 15) is 15.0 Å². The molecule has 0 saturated heterocycles. The molecule has 0 amide bonds. The molecule has 0 aliphatic rings. The van der Waals surface area contributed by atoms with Gasteiger partial charge < -0.3 is 14.9 Å². The number of aliphatic hydroxyl groups is 1. The second-order valence-corrected chi connectivity index (χ2v) is 3.38. The van der Waals surface area contributed by atoms with Crippen molar-refractivity contribution in [3.05, 3.63) is 28.8 Å². The third kappa shape index (κ3) is 3.20. The van der Waals surface area contributed by atoms with Gasteiger partial charge in [-0.2, -0.15) is 5.26 Å². The minimum atomic E-state index is -0.461. The number of rotatable bonds is 4. The van der Waals surface area contributed by atoms with Gasteiger partial charge in [0.15, 0.2) is 0 Å². The van der Waals surface area contributed by atoms with Crippen LogP contribution in [0.1, 0.15) is 23.6 Å². The van der Waals surface area contributed by atoms with Gasteiger partial charge in [-0.1, -0.05) is 0 Å². The van der Waals surface area contributed by atoms with Crippen LogP contribution in [-0.2, 0) is 22.6 Å². The molecule has 0 saturated carbocycles. The predicted octanol–water partition coefficient (Wildman–Crippen LogP) is 0.862. The molecule has 0 spiro atoms. The normalized spacial score (nSPS) is 9.71. The highest BCUT2D eigenvalue weighted by atomic mass is 16.5. The van der Waals surface area contributed by atoms with Crippen LogP contribution in [0.25, 0.3) is 0 Å². The lowest BCUT2D eigenvalue weighted by atomic mass is 9.99. The molecular weight excluding hydrogens is 222 g/mol.